The number of unbranched alkanes of at least 4 members (excludes halogenated alkanes) is 10. The number of rotatable bonds is 14. The van der Waals surface area contributed by atoms with E-state index in [0.717, 1.165) is 12.8 Å². The van der Waals surface area contributed by atoms with Gasteiger partial charge in [-0.1, -0.05) is 71.1 Å². The molecule has 0 saturated carbocycles. The molecule has 125 valence electrons. The van der Waals surface area contributed by atoms with Crippen molar-refractivity contribution in [2.75, 3.05) is 13.6 Å². The number of nitrogens with one attached hydrogen (secondary N) is 1. The number of hydrogen-bond donors (Lipinski definition) is 1. The molecule has 0 aromatic heterocycles. The van der Waals surface area contributed by atoms with Crippen LogP contribution in [0.3, 0.4) is 0 Å². The fraction of sp³-hybridized carbons (Fsp3) is 0.882. The summed E-state index contributed by atoms with van der Waals surface area (Å²) in [5.74, 6) is -0.892. The molecule has 0 aliphatic rings. The first-order chi connectivity index (χ1) is 10.2. The molecule has 0 unspecified atom stereocenters. The van der Waals surface area contributed by atoms with Crippen LogP contribution in [0.15, 0.2) is 0 Å². The molecule has 1 N–H and O–H groups in total. The van der Waals surface area contributed by atoms with Crippen molar-refractivity contribution < 1.29 is 14.3 Å². The van der Waals surface area contributed by atoms with Crippen LogP contribution in [0.1, 0.15) is 84.0 Å². The second kappa shape index (κ2) is 19.1. The average Bonchev–Trinajstić information content (AvgIpc) is 2.45. The fourth-order valence-electron chi connectivity index (χ4n) is 2.29. The summed E-state index contributed by atoms with van der Waals surface area (Å²) < 4.78 is 4.64. The van der Waals surface area contributed by atoms with Crippen molar-refractivity contribution in [2.24, 2.45) is 0 Å². The summed E-state index contributed by atoms with van der Waals surface area (Å²) in [4.78, 5) is 22.4. The van der Waals surface area contributed by atoms with Gasteiger partial charge in [0, 0.05) is 36.0 Å². The molecule has 0 heterocycles. The van der Waals surface area contributed by atoms with Crippen LogP contribution >= 0.6 is 0 Å². The molecule has 0 aromatic rings. The maximum absolute atomic E-state index is 11.3. The normalized spacial score (nSPS) is 10.1. The van der Waals surface area contributed by atoms with Gasteiger partial charge >= 0.3 is 11.9 Å². The number of esters is 2. The van der Waals surface area contributed by atoms with Gasteiger partial charge < -0.3 is 10.1 Å². The van der Waals surface area contributed by atoms with Crippen molar-refractivity contribution in [3.63, 3.8) is 0 Å². The zero-order valence-corrected chi connectivity index (χ0v) is 16.9. The van der Waals surface area contributed by atoms with E-state index in [4.69, 9.17) is 0 Å². The Balaban J connectivity index is 0. The van der Waals surface area contributed by atoms with Crippen LogP contribution in [0, 0.1) is 0 Å². The molecule has 0 aromatic carbocycles. The van der Waals surface area contributed by atoms with Crippen molar-refractivity contribution >= 4 is 41.5 Å². The van der Waals surface area contributed by atoms with Crippen molar-refractivity contribution in [1.82, 2.24) is 5.32 Å². The second-order valence-corrected chi connectivity index (χ2v) is 5.66. The van der Waals surface area contributed by atoms with Crippen molar-refractivity contribution in [3.05, 3.63) is 0 Å². The Bertz CT molecular complexity index is 273. The topological polar surface area (TPSA) is 55.4 Å². The summed E-state index contributed by atoms with van der Waals surface area (Å²) in [6.45, 7) is 2.33. The minimum absolute atomic E-state index is 0. The minimum Gasteiger partial charge on any atom is -0.392 e. The van der Waals surface area contributed by atoms with Gasteiger partial charge in [0.2, 0.25) is 0 Å². The Morgan fingerprint density at radius 1 is 0.773 bits per heavy atom. The molecule has 1 radical (unpaired) electrons. The van der Waals surface area contributed by atoms with Gasteiger partial charge in [-0.05, 0) is 13.5 Å². The molecule has 0 atom stereocenters. The van der Waals surface area contributed by atoms with Gasteiger partial charge in [0.1, 0.15) is 0 Å². The number of carbonyl (C=O) groups is 2. The maximum Gasteiger partial charge on any atom is 0.327 e. The van der Waals surface area contributed by atoms with E-state index in [9.17, 15) is 9.59 Å². The van der Waals surface area contributed by atoms with E-state index in [-0.39, 0.29) is 36.1 Å². The van der Waals surface area contributed by atoms with Crippen LogP contribution < -0.4 is 5.32 Å². The summed E-state index contributed by atoms with van der Waals surface area (Å²) in [6.07, 6.45) is 14.1. The third-order valence-electron chi connectivity index (χ3n) is 3.53. The zero-order chi connectivity index (χ0) is 15.8. The number of ether oxygens (including phenoxy) is 1. The third kappa shape index (κ3) is 18.1. The smallest absolute Gasteiger partial charge is 0.327 e. The number of hydrogen-bond acceptors (Lipinski definition) is 4. The largest absolute Gasteiger partial charge is 0.392 e. The van der Waals surface area contributed by atoms with Crippen LogP contribution in [0.5, 0.6) is 0 Å². The molecule has 0 bridgehead atoms. The monoisotopic (exact) mass is 322 g/mol. The van der Waals surface area contributed by atoms with Crippen molar-refractivity contribution in [3.8, 4) is 0 Å². The molecule has 0 amide bonds. The van der Waals surface area contributed by atoms with Crippen LogP contribution in [0.25, 0.3) is 0 Å². The first kappa shape index (κ1) is 24.4. The molecule has 4 nitrogen and oxygen atoms in total. The Labute approximate surface area is 158 Å². The van der Waals surface area contributed by atoms with E-state index >= 15 is 0 Å². The molecular weight excluding hydrogens is 289 g/mol. The zero-order valence-electron chi connectivity index (χ0n) is 14.9. The number of likely N-dealkylation sites (N-methyl/N-ethyl adjacent to an activating group) is 1. The van der Waals surface area contributed by atoms with Crippen LogP contribution in [0.4, 0.5) is 0 Å². The van der Waals surface area contributed by atoms with Crippen molar-refractivity contribution in [1.29, 1.82) is 0 Å². The Kier molecular flexibility index (Phi) is 21.2. The predicted octanol–water partition coefficient (Wildman–Crippen LogP) is 3.60. The molecule has 22 heavy (non-hydrogen) atoms. The third-order valence-corrected chi connectivity index (χ3v) is 3.53. The van der Waals surface area contributed by atoms with Crippen LogP contribution in [0.2, 0.25) is 0 Å². The predicted molar refractivity (Wildman–Crippen MR) is 91.9 cm³/mol. The van der Waals surface area contributed by atoms with Crippen LogP contribution in [-0.4, -0.2) is 55.1 Å². The molecule has 5 heteroatoms. The molecular formula is C17H33NNaO3. The van der Waals surface area contributed by atoms with Gasteiger partial charge in [-0.3, -0.25) is 9.59 Å². The van der Waals surface area contributed by atoms with Gasteiger partial charge in [-0.15, -0.1) is 0 Å². The fourth-order valence-corrected chi connectivity index (χ4v) is 2.29. The van der Waals surface area contributed by atoms with E-state index in [1.807, 2.05) is 0 Å². The standard InChI is InChI=1S/C17H33NO3.Na/c1-3-4-5-6-7-8-9-10-11-12-13-14-16(19)21-17(20)15-18-2;/h18H,3-15H2,1-2H3;. The first-order valence-corrected chi connectivity index (χ1v) is 8.58. The van der Waals surface area contributed by atoms with Gasteiger partial charge in [0.25, 0.3) is 0 Å². The van der Waals surface area contributed by atoms with Crippen LogP contribution in [-0.2, 0) is 14.3 Å². The average molecular weight is 322 g/mol. The van der Waals surface area contributed by atoms with E-state index in [1.54, 1.807) is 7.05 Å². The first-order valence-electron chi connectivity index (χ1n) is 8.58. The van der Waals surface area contributed by atoms with E-state index in [1.165, 1.54) is 57.8 Å². The maximum atomic E-state index is 11.3. The van der Waals surface area contributed by atoms with Gasteiger partial charge in [0.15, 0.2) is 0 Å². The van der Waals surface area contributed by atoms with Gasteiger partial charge in [-0.2, -0.15) is 0 Å². The Hall–Kier alpha value is 0.1000. The van der Waals surface area contributed by atoms with E-state index < -0.39 is 11.9 Å². The number of carbonyl (C=O) groups excluding carboxylic acids is 2. The summed E-state index contributed by atoms with van der Waals surface area (Å²) in [6, 6.07) is 0. The molecule has 0 aliphatic heterocycles. The molecule has 0 aliphatic carbocycles. The van der Waals surface area contributed by atoms with E-state index in [2.05, 4.69) is 17.0 Å². The quantitative estimate of drug-likeness (QED) is 0.230. The minimum atomic E-state index is -0.495. The van der Waals surface area contributed by atoms with Gasteiger partial charge in [-0.25, -0.2) is 0 Å². The summed E-state index contributed by atoms with van der Waals surface area (Å²) >= 11 is 0. The molecule has 0 saturated heterocycles. The molecule has 0 fully saturated rings. The Morgan fingerprint density at radius 2 is 1.23 bits per heavy atom. The Morgan fingerprint density at radius 3 is 1.68 bits per heavy atom. The van der Waals surface area contributed by atoms with Crippen molar-refractivity contribution in [2.45, 2.75) is 84.0 Å². The molecule has 0 rings (SSSR count). The summed E-state index contributed by atoms with van der Waals surface area (Å²) in [5.41, 5.74) is 0. The SMILES string of the molecule is CCCCCCCCCCCCCC(=O)OC(=O)CNC.[Na]. The summed E-state index contributed by atoms with van der Waals surface area (Å²) in [7, 11) is 1.65. The van der Waals surface area contributed by atoms with E-state index in [0.29, 0.717) is 6.42 Å². The second-order valence-electron chi connectivity index (χ2n) is 5.66. The molecule has 0 spiro atoms. The van der Waals surface area contributed by atoms with Gasteiger partial charge in [0.05, 0.1) is 6.54 Å². The summed E-state index contributed by atoms with van der Waals surface area (Å²) in [5, 5.41) is 2.66.